The first-order chi connectivity index (χ1) is 10.1. The molecule has 1 fully saturated rings. The number of aliphatic carboxylic acids is 1. The van der Waals surface area contributed by atoms with Gasteiger partial charge in [0, 0.05) is 19.6 Å². The molecule has 0 radical (unpaired) electrons. The molecule has 6 nitrogen and oxygen atoms in total. The van der Waals surface area contributed by atoms with E-state index in [2.05, 4.69) is 5.32 Å². The lowest BCUT2D eigenvalue weighted by Gasteiger charge is -2.30. The maximum absolute atomic E-state index is 12.1. The van der Waals surface area contributed by atoms with Crippen LogP contribution in [0.3, 0.4) is 0 Å². The van der Waals surface area contributed by atoms with Crippen molar-refractivity contribution in [2.45, 2.75) is 19.4 Å². The minimum absolute atomic E-state index is 0.219. The molecule has 2 N–H and O–H groups in total. The van der Waals surface area contributed by atoms with Crippen molar-refractivity contribution < 1.29 is 19.4 Å². The molecular formula is C15H20N2O4. The summed E-state index contributed by atoms with van der Waals surface area (Å²) in [6, 6.07) is 7.24. The van der Waals surface area contributed by atoms with Crippen LogP contribution in [0.1, 0.15) is 18.4 Å². The Morgan fingerprint density at radius 2 is 2.29 bits per heavy atom. The Morgan fingerprint density at radius 1 is 1.48 bits per heavy atom. The van der Waals surface area contributed by atoms with E-state index in [1.165, 1.54) is 0 Å². The van der Waals surface area contributed by atoms with Gasteiger partial charge in [-0.15, -0.1) is 0 Å². The number of hydrogen-bond acceptors (Lipinski definition) is 3. The standard InChI is InChI=1S/C15H20N2O4/c1-21-13-6-2-4-11(8-13)9-16-15(20)17-7-3-5-12(10-17)14(18)19/h2,4,6,8,12H,3,5,7,9-10H2,1H3,(H,16,20)(H,18,19)/t12-/m1/s1. The number of carboxylic acids is 1. The third-order valence-corrected chi connectivity index (χ3v) is 3.64. The summed E-state index contributed by atoms with van der Waals surface area (Å²) in [6.45, 7) is 1.28. The molecule has 1 aromatic carbocycles. The third kappa shape index (κ3) is 4.11. The van der Waals surface area contributed by atoms with Gasteiger partial charge >= 0.3 is 12.0 Å². The summed E-state index contributed by atoms with van der Waals surface area (Å²) in [5.41, 5.74) is 0.939. The number of urea groups is 1. The Balaban J connectivity index is 1.87. The van der Waals surface area contributed by atoms with E-state index in [0.29, 0.717) is 19.5 Å². The van der Waals surface area contributed by atoms with Crippen molar-refractivity contribution >= 4 is 12.0 Å². The van der Waals surface area contributed by atoms with Crippen LogP contribution in [0.2, 0.25) is 0 Å². The summed E-state index contributed by atoms with van der Waals surface area (Å²) in [5, 5.41) is 11.8. The molecule has 0 bridgehead atoms. The first-order valence-corrected chi connectivity index (χ1v) is 6.98. The van der Waals surface area contributed by atoms with Gasteiger partial charge in [0.25, 0.3) is 0 Å². The van der Waals surface area contributed by atoms with Crippen LogP contribution in [-0.4, -0.2) is 42.2 Å². The van der Waals surface area contributed by atoms with Crippen LogP contribution < -0.4 is 10.1 Å². The predicted octanol–water partition coefficient (Wildman–Crippen LogP) is 1.70. The molecule has 1 aliphatic rings. The fraction of sp³-hybridized carbons (Fsp3) is 0.467. The lowest BCUT2D eigenvalue weighted by Crippen LogP contribution is -2.46. The van der Waals surface area contributed by atoms with E-state index in [1.54, 1.807) is 12.0 Å². The molecule has 0 unspecified atom stereocenters. The van der Waals surface area contributed by atoms with Crippen molar-refractivity contribution in [2.75, 3.05) is 20.2 Å². The topological polar surface area (TPSA) is 78.9 Å². The fourth-order valence-electron chi connectivity index (χ4n) is 2.44. The number of hydrogen-bond donors (Lipinski definition) is 2. The van der Waals surface area contributed by atoms with Crippen LogP contribution in [0.4, 0.5) is 4.79 Å². The summed E-state index contributed by atoms with van der Waals surface area (Å²) < 4.78 is 5.13. The molecule has 1 heterocycles. The first-order valence-electron chi connectivity index (χ1n) is 6.98. The molecule has 0 aromatic heterocycles. The number of rotatable bonds is 4. The van der Waals surface area contributed by atoms with Crippen LogP contribution >= 0.6 is 0 Å². The number of nitrogens with one attached hydrogen (secondary N) is 1. The molecular weight excluding hydrogens is 272 g/mol. The molecule has 0 aliphatic carbocycles. The highest BCUT2D eigenvalue weighted by Gasteiger charge is 2.27. The Hall–Kier alpha value is -2.24. The zero-order valence-corrected chi connectivity index (χ0v) is 12.0. The van der Waals surface area contributed by atoms with E-state index < -0.39 is 11.9 Å². The van der Waals surface area contributed by atoms with Gasteiger partial charge in [0.1, 0.15) is 5.75 Å². The zero-order valence-electron chi connectivity index (χ0n) is 12.0. The summed E-state index contributed by atoms with van der Waals surface area (Å²) in [5.74, 6) is -0.549. The van der Waals surface area contributed by atoms with Gasteiger partial charge in [-0.3, -0.25) is 4.79 Å². The second kappa shape index (κ2) is 6.97. The Kier molecular flexibility index (Phi) is 5.03. The average molecular weight is 292 g/mol. The summed E-state index contributed by atoms with van der Waals surface area (Å²) in [7, 11) is 1.59. The summed E-state index contributed by atoms with van der Waals surface area (Å²) in [4.78, 5) is 24.7. The van der Waals surface area contributed by atoms with Crippen molar-refractivity contribution in [3.8, 4) is 5.75 Å². The van der Waals surface area contributed by atoms with Crippen LogP contribution in [-0.2, 0) is 11.3 Å². The van der Waals surface area contributed by atoms with Crippen molar-refractivity contribution in [3.63, 3.8) is 0 Å². The number of benzene rings is 1. The lowest BCUT2D eigenvalue weighted by atomic mass is 9.99. The molecule has 0 spiro atoms. The zero-order chi connectivity index (χ0) is 15.2. The van der Waals surface area contributed by atoms with E-state index in [4.69, 9.17) is 9.84 Å². The van der Waals surface area contributed by atoms with E-state index in [-0.39, 0.29) is 12.6 Å². The quantitative estimate of drug-likeness (QED) is 0.885. The first kappa shape index (κ1) is 15.2. The largest absolute Gasteiger partial charge is 0.497 e. The number of amides is 2. The molecule has 1 saturated heterocycles. The molecule has 114 valence electrons. The highest BCUT2D eigenvalue weighted by atomic mass is 16.5. The van der Waals surface area contributed by atoms with E-state index in [0.717, 1.165) is 17.7 Å². The van der Waals surface area contributed by atoms with Crippen LogP contribution in [0, 0.1) is 5.92 Å². The van der Waals surface area contributed by atoms with Gasteiger partial charge in [0.15, 0.2) is 0 Å². The molecule has 2 amide bonds. The maximum atomic E-state index is 12.1. The van der Waals surface area contributed by atoms with Gasteiger partial charge < -0.3 is 20.1 Å². The van der Waals surface area contributed by atoms with Crippen LogP contribution in [0.15, 0.2) is 24.3 Å². The van der Waals surface area contributed by atoms with E-state index >= 15 is 0 Å². The second-order valence-electron chi connectivity index (χ2n) is 5.13. The molecule has 0 saturated carbocycles. The average Bonchev–Trinajstić information content (AvgIpc) is 2.53. The fourth-order valence-corrected chi connectivity index (χ4v) is 2.44. The number of nitrogens with zero attached hydrogens (tertiary/aromatic N) is 1. The van der Waals surface area contributed by atoms with Gasteiger partial charge in [-0.2, -0.15) is 0 Å². The van der Waals surface area contributed by atoms with Gasteiger partial charge in [0.2, 0.25) is 0 Å². The number of likely N-dealkylation sites (tertiary alicyclic amines) is 1. The number of piperidine rings is 1. The Bertz CT molecular complexity index is 518. The smallest absolute Gasteiger partial charge is 0.317 e. The van der Waals surface area contributed by atoms with Crippen LogP contribution in [0.25, 0.3) is 0 Å². The van der Waals surface area contributed by atoms with Crippen molar-refractivity contribution in [1.29, 1.82) is 0 Å². The van der Waals surface area contributed by atoms with Gasteiger partial charge in [-0.25, -0.2) is 4.79 Å². The lowest BCUT2D eigenvalue weighted by molar-refractivity contribution is -0.143. The Labute approximate surface area is 123 Å². The number of methoxy groups -OCH3 is 1. The number of carbonyl (C=O) groups is 2. The number of ether oxygens (including phenoxy) is 1. The van der Waals surface area contributed by atoms with E-state index in [9.17, 15) is 9.59 Å². The molecule has 1 atom stereocenters. The van der Waals surface area contributed by atoms with Gasteiger partial charge in [0.05, 0.1) is 13.0 Å². The highest BCUT2D eigenvalue weighted by Crippen LogP contribution is 2.17. The molecule has 21 heavy (non-hydrogen) atoms. The van der Waals surface area contributed by atoms with Crippen molar-refractivity contribution in [3.05, 3.63) is 29.8 Å². The predicted molar refractivity (Wildman–Crippen MR) is 77.2 cm³/mol. The third-order valence-electron chi connectivity index (χ3n) is 3.64. The SMILES string of the molecule is COc1cccc(CNC(=O)N2CCC[C@@H](C(=O)O)C2)c1. The van der Waals surface area contributed by atoms with Crippen LogP contribution in [0.5, 0.6) is 5.75 Å². The second-order valence-corrected chi connectivity index (χ2v) is 5.13. The molecule has 6 heteroatoms. The van der Waals surface area contributed by atoms with E-state index in [1.807, 2.05) is 24.3 Å². The summed E-state index contributed by atoms with van der Waals surface area (Å²) >= 11 is 0. The van der Waals surface area contributed by atoms with Crippen molar-refractivity contribution in [2.24, 2.45) is 5.92 Å². The monoisotopic (exact) mass is 292 g/mol. The minimum atomic E-state index is -0.833. The maximum Gasteiger partial charge on any atom is 0.317 e. The Morgan fingerprint density at radius 3 is 3.00 bits per heavy atom. The normalized spacial score (nSPS) is 18.1. The highest BCUT2D eigenvalue weighted by molar-refractivity contribution is 5.76. The molecule has 2 rings (SSSR count). The number of carboxylic acid groups (broad SMARTS) is 1. The number of carbonyl (C=O) groups excluding carboxylic acids is 1. The van der Waals surface area contributed by atoms with Gasteiger partial charge in [-0.05, 0) is 30.5 Å². The molecule has 1 aliphatic heterocycles. The summed E-state index contributed by atoms with van der Waals surface area (Å²) in [6.07, 6.45) is 1.36. The molecule has 1 aromatic rings. The minimum Gasteiger partial charge on any atom is -0.497 e. The van der Waals surface area contributed by atoms with Crippen molar-refractivity contribution in [1.82, 2.24) is 10.2 Å². The van der Waals surface area contributed by atoms with Gasteiger partial charge in [-0.1, -0.05) is 12.1 Å².